The minimum Gasteiger partial charge on any atom is -0.324 e. The fourth-order valence-corrected chi connectivity index (χ4v) is 6.03. The predicted molar refractivity (Wildman–Crippen MR) is 143 cm³/mol. The van der Waals surface area contributed by atoms with Crippen LogP contribution in [0.15, 0.2) is 96.5 Å². The summed E-state index contributed by atoms with van der Waals surface area (Å²) in [5, 5.41) is 5.75. The predicted octanol–water partition coefficient (Wildman–Crippen LogP) is 5.77. The van der Waals surface area contributed by atoms with Crippen LogP contribution in [-0.4, -0.2) is 27.5 Å². The summed E-state index contributed by atoms with van der Waals surface area (Å²) in [6.07, 6.45) is 4.94. The standard InChI is InChI=1S/C28H31N2O3PS/c31-34(32,33)21-10-20-30-28(27-18-9-22-35-27,26-17-6-7-19-29-26)25-16-5-4-14-24(25)15-8-13-23-11-2-1-3-12-23/h1-7,9,11-12,14,16-19,22,30H,8,10,13,15,20-21H2,(H2,31,32,33). The molecule has 4 aromatic rings. The zero-order valence-electron chi connectivity index (χ0n) is 19.6. The van der Waals surface area contributed by atoms with E-state index in [-0.39, 0.29) is 6.16 Å². The first-order valence-corrected chi connectivity index (χ1v) is 14.5. The number of rotatable bonds is 12. The summed E-state index contributed by atoms with van der Waals surface area (Å²) in [5.74, 6) is 0. The molecule has 0 aliphatic heterocycles. The minimum atomic E-state index is -4.06. The molecule has 0 aliphatic carbocycles. The first-order chi connectivity index (χ1) is 17.0. The Morgan fingerprint density at radius 2 is 1.63 bits per heavy atom. The summed E-state index contributed by atoms with van der Waals surface area (Å²) < 4.78 is 11.5. The third-order valence-electron chi connectivity index (χ3n) is 6.13. The summed E-state index contributed by atoms with van der Waals surface area (Å²) in [4.78, 5) is 24.6. The van der Waals surface area contributed by atoms with Gasteiger partial charge in [0.2, 0.25) is 0 Å². The van der Waals surface area contributed by atoms with E-state index in [9.17, 15) is 14.4 Å². The fourth-order valence-electron chi connectivity index (χ4n) is 4.54. The molecule has 35 heavy (non-hydrogen) atoms. The van der Waals surface area contributed by atoms with Crippen molar-refractivity contribution in [1.82, 2.24) is 10.3 Å². The quantitative estimate of drug-likeness (QED) is 0.168. The number of aryl methyl sites for hydroxylation is 2. The third kappa shape index (κ3) is 6.54. The average Bonchev–Trinajstić information content (AvgIpc) is 3.41. The van der Waals surface area contributed by atoms with E-state index in [2.05, 4.69) is 65.3 Å². The van der Waals surface area contributed by atoms with Crippen LogP contribution in [0.2, 0.25) is 0 Å². The highest BCUT2D eigenvalue weighted by Gasteiger charge is 2.39. The highest BCUT2D eigenvalue weighted by molar-refractivity contribution is 7.51. The zero-order chi connectivity index (χ0) is 24.6. The van der Waals surface area contributed by atoms with Crippen LogP contribution in [0.25, 0.3) is 0 Å². The topological polar surface area (TPSA) is 82.5 Å². The molecule has 4 rings (SSSR count). The fraction of sp³-hybridized carbons (Fsp3) is 0.250. The largest absolute Gasteiger partial charge is 0.325 e. The molecule has 1 unspecified atom stereocenters. The molecule has 182 valence electrons. The van der Waals surface area contributed by atoms with Crippen molar-refractivity contribution in [2.75, 3.05) is 12.7 Å². The summed E-state index contributed by atoms with van der Waals surface area (Å²) in [6.45, 7) is 0.442. The zero-order valence-corrected chi connectivity index (χ0v) is 21.3. The molecule has 3 N–H and O–H groups in total. The minimum absolute atomic E-state index is 0.151. The highest BCUT2D eigenvalue weighted by Crippen LogP contribution is 2.41. The molecular weight excluding hydrogens is 475 g/mol. The number of nitrogens with zero attached hydrogens (tertiary/aromatic N) is 1. The van der Waals surface area contributed by atoms with E-state index in [1.165, 1.54) is 11.1 Å². The van der Waals surface area contributed by atoms with Crippen LogP contribution in [-0.2, 0) is 22.9 Å². The van der Waals surface area contributed by atoms with Crippen LogP contribution in [0.4, 0.5) is 0 Å². The molecule has 7 heteroatoms. The van der Waals surface area contributed by atoms with Crippen LogP contribution in [0.1, 0.15) is 40.1 Å². The number of hydrogen-bond acceptors (Lipinski definition) is 4. The van der Waals surface area contributed by atoms with Gasteiger partial charge >= 0.3 is 7.60 Å². The van der Waals surface area contributed by atoms with Gasteiger partial charge in [-0.25, -0.2) is 0 Å². The lowest BCUT2D eigenvalue weighted by atomic mass is 9.80. The number of pyridine rings is 1. The van der Waals surface area contributed by atoms with Gasteiger partial charge in [0.25, 0.3) is 0 Å². The van der Waals surface area contributed by atoms with Crippen molar-refractivity contribution in [3.05, 3.63) is 124 Å². The number of benzene rings is 2. The van der Waals surface area contributed by atoms with Gasteiger partial charge in [0.05, 0.1) is 11.9 Å². The van der Waals surface area contributed by atoms with Crippen molar-refractivity contribution in [3.8, 4) is 0 Å². The number of thiophene rings is 1. The molecule has 0 amide bonds. The van der Waals surface area contributed by atoms with Crippen LogP contribution in [0, 0.1) is 0 Å². The summed E-state index contributed by atoms with van der Waals surface area (Å²) in [6, 6.07) is 29.1. The number of nitrogens with one attached hydrogen (secondary N) is 1. The van der Waals surface area contributed by atoms with Crippen LogP contribution >= 0.6 is 18.9 Å². The monoisotopic (exact) mass is 506 g/mol. The first kappa shape index (κ1) is 25.5. The van der Waals surface area contributed by atoms with E-state index in [4.69, 9.17) is 4.98 Å². The molecule has 0 radical (unpaired) electrons. The lowest BCUT2D eigenvalue weighted by molar-refractivity contribution is 0.369. The van der Waals surface area contributed by atoms with Crippen molar-refractivity contribution < 1.29 is 14.4 Å². The van der Waals surface area contributed by atoms with Crippen molar-refractivity contribution in [2.24, 2.45) is 0 Å². The Bertz CT molecular complexity index is 1230. The smallest absolute Gasteiger partial charge is 0.324 e. The second kappa shape index (κ2) is 11.9. The van der Waals surface area contributed by atoms with Crippen molar-refractivity contribution in [2.45, 2.75) is 31.2 Å². The lowest BCUT2D eigenvalue weighted by Crippen LogP contribution is -2.46. The molecule has 2 heterocycles. The summed E-state index contributed by atoms with van der Waals surface area (Å²) in [5.41, 5.74) is 3.85. The maximum atomic E-state index is 11.5. The summed E-state index contributed by atoms with van der Waals surface area (Å²) in [7, 11) is -4.06. The third-order valence-corrected chi connectivity index (χ3v) is 8.02. The van der Waals surface area contributed by atoms with Gasteiger partial charge < -0.3 is 9.79 Å². The second-order valence-corrected chi connectivity index (χ2v) is 11.3. The van der Waals surface area contributed by atoms with Crippen molar-refractivity contribution in [1.29, 1.82) is 0 Å². The lowest BCUT2D eigenvalue weighted by Gasteiger charge is -2.36. The van der Waals surface area contributed by atoms with Crippen LogP contribution in [0.3, 0.4) is 0 Å². The molecule has 0 saturated carbocycles. The van der Waals surface area contributed by atoms with Gasteiger partial charge in [0.15, 0.2) is 0 Å². The molecule has 0 saturated heterocycles. The molecule has 2 aromatic carbocycles. The van der Waals surface area contributed by atoms with Crippen molar-refractivity contribution >= 4 is 18.9 Å². The molecule has 0 spiro atoms. The maximum absolute atomic E-state index is 11.5. The molecule has 0 bridgehead atoms. The van der Waals surface area contributed by atoms with Gasteiger partial charge in [-0.3, -0.25) is 14.9 Å². The molecule has 2 aromatic heterocycles. The Balaban J connectivity index is 1.71. The first-order valence-electron chi connectivity index (χ1n) is 11.9. The molecule has 5 nitrogen and oxygen atoms in total. The summed E-state index contributed by atoms with van der Waals surface area (Å²) >= 11 is 1.66. The van der Waals surface area contributed by atoms with E-state index < -0.39 is 13.1 Å². The Labute approximate surface area is 211 Å². The van der Waals surface area contributed by atoms with Crippen LogP contribution in [0.5, 0.6) is 0 Å². The average molecular weight is 507 g/mol. The van der Waals surface area contributed by atoms with Crippen LogP contribution < -0.4 is 5.32 Å². The highest BCUT2D eigenvalue weighted by atomic mass is 32.1. The van der Waals surface area contributed by atoms with E-state index in [1.807, 2.05) is 30.3 Å². The van der Waals surface area contributed by atoms with Gasteiger partial charge in [-0.15, -0.1) is 11.3 Å². The maximum Gasteiger partial charge on any atom is 0.325 e. The molecule has 0 aliphatic rings. The Morgan fingerprint density at radius 3 is 2.34 bits per heavy atom. The molecule has 0 fully saturated rings. The van der Waals surface area contributed by atoms with Gasteiger partial charge in [-0.1, -0.05) is 66.7 Å². The number of aromatic nitrogens is 1. The van der Waals surface area contributed by atoms with Gasteiger partial charge in [-0.2, -0.15) is 0 Å². The van der Waals surface area contributed by atoms with E-state index >= 15 is 0 Å². The van der Waals surface area contributed by atoms with E-state index in [0.29, 0.717) is 13.0 Å². The number of hydrogen-bond donors (Lipinski definition) is 3. The van der Waals surface area contributed by atoms with Gasteiger partial charge in [-0.05, 0) is 72.5 Å². The SMILES string of the molecule is O=P(O)(O)CCCNC(c1ccccn1)(c1cccs1)c1ccccc1CCCc1ccccc1. The Hall–Kier alpha value is -2.60. The van der Waals surface area contributed by atoms with Crippen molar-refractivity contribution in [3.63, 3.8) is 0 Å². The van der Waals surface area contributed by atoms with Gasteiger partial charge in [0.1, 0.15) is 5.54 Å². The Kier molecular flexibility index (Phi) is 8.66. The second-order valence-electron chi connectivity index (χ2n) is 8.61. The van der Waals surface area contributed by atoms with Gasteiger partial charge in [0, 0.05) is 11.1 Å². The normalized spacial score (nSPS) is 13.4. The Morgan fingerprint density at radius 1 is 0.857 bits per heavy atom. The van der Waals surface area contributed by atoms with E-state index in [0.717, 1.165) is 35.4 Å². The molecular formula is C28H31N2O3PS. The molecule has 1 atom stereocenters. The van der Waals surface area contributed by atoms with E-state index in [1.54, 1.807) is 17.5 Å².